The highest BCUT2D eigenvalue weighted by Crippen LogP contribution is 2.41. The van der Waals surface area contributed by atoms with Gasteiger partial charge in [0.2, 0.25) is 0 Å². The molecule has 13 atom stereocenters. The van der Waals surface area contributed by atoms with E-state index < -0.39 is 71.7 Å². The summed E-state index contributed by atoms with van der Waals surface area (Å²) in [5.74, 6) is -0.257. The molecule has 4 aliphatic heterocycles. The number of carbonyl (C=O) groups excluding carboxylic acids is 2. The first kappa shape index (κ1) is 39.0. The fourth-order valence-electron chi connectivity index (χ4n) is 7.64. The van der Waals surface area contributed by atoms with Gasteiger partial charge in [0.05, 0.1) is 43.0 Å². The van der Waals surface area contributed by atoms with Crippen LogP contribution >= 0.6 is 0 Å². The van der Waals surface area contributed by atoms with Crippen LogP contribution in [0.1, 0.15) is 74.1 Å². The molecule has 276 valence electrons. The van der Waals surface area contributed by atoms with E-state index in [1.54, 1.807) is 20.8 Å². The summed E-state index contributed by atoms with van der Waals surface area (Å²) in [7, 11) is 3.80. The van der Waals surface area contributed by atoms with Crippen molar-refractivity contribution in [3.63, 3.8) is 0 Å². The highest BCUT2D eigenvalue weighted by molar-refractivity contribution is 5.87. The normalized spacial score (nSPS) is 43.3. The molecule has 3 unspecified atom stereocenters. The van der Waals surface area contributed by atoms with Gasteiger partial charge in [0.15, 0.2) is 18.5 Å². The number of ketones is 1. The van der Waals surface area contributed by atoms with Crippen molar-refractivity contribution in [3.8, 4) is 12.3 Å². The Bertz CT molecular complexity index is 1290. The van der Waals surface area contributed by atoms with Crippen molar-refractivity contribution in [2.45, 2.75) is 134 Å². The molecule has 14 heteroatoms. The molecule has 2 bridgehead atoms. The minimum absolute atomic E-state index is 0.0338. The zero-order valence-corrected chi connectivity index (χ0v) is 30.4. The van der Waals surface area contributed by atoms with E-state index in [0.717, 1.165) is 0 Å². The molecule has 3 N–H and O–H groups in total. The molecule has 0 amide bonds. The van der Waals surface area contributed by atoms with Crippen molar-refractivity contribution in [2.24, 2.45) is 33.6 Å². The molecule has 0 radical (unpaired) electrons. The van der Waals surface area contributed by atoms with E-state index in [-0.39, 0.29) is 56.6 Å². The molecular weight excluding hydrogens is 636 g/mol. The van der Waals surface area contributed by atoms with Crippen LogP contribution in [0.25, 0.3) is 0 Å². The lowest BCUT2D eigenvalue weighted by Gasteiger charge is -2.46. The second kappa shape index (κ2) is 16.0. The first-order valence-corrected chi connectivity index (χ1v) is 17.3. The summed E-state index contributed by atoms with van der Waals surface area (Å²) in [4.78, 5) is 40.1. The average molecular weight is 693 g/mol. The number of amidine groups is 1. The third kappa shape index (κ3) is 8.57. The number of likely N-dealkylation sites (N-methyl/N-ethyl adjacent to an activating group) is 1. The van der Waals surface area contributed by atoms with Gasteiger partial charge in [0.25, 0.3) is 6.02 Å². The first-order chi connectivity index (χ1) is 23.0. The van der Waals surface area contributed by atoms with Gasteiger partial charge in [-0.2, -0.15) is 0 Å². The number of Topliss-reactive ketones (excluding diaryl/α,β-unsaturated/α-hetero) is 1. The van der Waals surface area contributed by atoms with Crippen LogP contribution in [0.4, 0.5) is 0 Å². The highest BCUT2D eigenvalue weighted by atomic mass is 16.7. The number of aliphatic hydroxyl groups is 1. The number of hydrogen-bond acceptors (Lipinski definition) is 14. The molecule has 0 saturated carbocycles. The Kier molecular flexibility index (Phi) is 12.8. The van der Waals surface area contributed by atoms with Crippen LogP contribution < -0.4 is 5.73 Å². The van der Waals surface area contributed by atoms with Crippen LogP contribution in [0.2, 0.25) is 0 Å². The highest BCUT2D eigenvalue weighted by Gasteiger charge is 2.55. The molecule has 14 nitrogen and oxygen atoms in total. The zero-order valence-electron chi connectivity index (χ0n) is 30.4. The van der Waals surface area contributed by atoms with E-state index >= 15 is 0 Å². The van der Waals surface area contributed by atoms with Gasteiger partial charge in [-0.05, 0) is 61.1 Å². The molecule has 3 saturated heterocycles. The van der Waals surface area contributed by atoms with Gasteiger partial charge in [0.1, 0.15) is 29.7 Å². The third-order valence-corrected chi connectivity index (χ3v) is 10.6. The predicted molar refractivity (Wildman–Crippen MR) is 180 cm³/mol. The molecule has 0 aliphatic carbocycles. The number of hydrogen-bond donors (Lipinski definition) is 2. The number of cyclic esters (lactones) is 1. The van der Waals surface area contributed by atoms with Crippen molar-refractivity contribution < 1.29 is 48.0 Å². The Morgan fingerprint density at radius 1 is 1.14 bits per heavy atom. The fourth-order valence-corrected chi connectivity index (χ4v) is 7.64. The molecule has 4 heterocycles. The maximum absolute atomic E-state index is 14.3. The van der Waals surface area contributed by atoms with Crippen LogP contribution in [0.5, 0.6) is 0 Å². The van der Waals surface area contributed by atoms with Gasteiger partial charge >= 0.3 is 5.97 Å². The minimum Gasteiger partial charge on any atom is -0.458 e. The number of aliphatic imine (C=N–C) groups is 1. The maximum Gasteiger partial charge on any atom is 0.311 e. The molecule has 0 spiro atoms. The minimum atomic E-state index is -1.18. The molecule has 49 heavy (non-hydrogen) atoms. The van der Waals surface area contributed by atoms with Crippen molar-refractivity contribution in [1.29, 1.82) is 0 Å². The number of ether oxygens (including phenoxy) is 6. The number of aliphatic hydroxyl groups excluding tert-OH is 1. The summed E-state index contributed by atoms with van der Waals surface area (Å²) in [6, 6.07) is -0.992. The van der Waals surface area contributed by atoms with E-state index in [9.17, 15) is 14.7 Å². The zero-order chi connectivity index (χ0) is 36.3. The number of terminal acetylenes is 1. The standard InChI is InChI=1S/C35H56N4O10/c1-11-13-45-38-23-17-43-25-15-27(48-32-29(41)24(39(9)10)14-20(4)46-32)34(7,44-18-23)16-19(3)28(40)22(6)30-35(8,49-33(36)37-30)26(12-2)47-31(42)21(25)5/h1,19-22,24-27,29-30,32,41H,12-18H2,2-10H3,(H2,36,37)/b38-23+/t19-,20-,21-,22+,24+,25-,26-,27-,29-,30?,32?,34+,35?/m1/s1. The van der Waals surface area contributed by atoms with Crippen LogP contribution in [-0.4, -0.2) is 128 Å². The summed E-state index contributed by atoms with van der Waals surface area (Å²) < 4.78 is 38.2. The number of carbonyl (C=O) groups is 2. The number of esters is 1. The number of fused-ring (bicyclic) bond motifs is 4. The largest absolute Gasteiger partial charge is 0.458 e. The molecule has 3 fully saturated rings. The van der Waals surface area contributed by atoms with Gasteiger partial charge in [-0.3, -0.25) is 9.59 Å². The average Bonchev–Trinajstić information content (AvgIpc) is 3.39. The van der Waals surface area contributed by atoms with E-state index in [4.69, 9.17) is 45.4 Å². The molecule has 0 aromatic heterocycles. The SMILES string of the molecule is C#CCO/N=C1\CO[C@@H]2C[C@@H](OC3O[C@H](C)C[C@H](N(C)C)[C@H]3O)[C@](C)(C[C@@H](C)C(=O)[C@H](C)C3N=C(N)OC3(C)[C@@H](CC)OC(=O)[C@@H]2C)OC1. The number of rotatable bonds is 6. The monoisotopic (exact) mass is 692 g/mol. The maximum atomic E-state index is 14.3. The number of nitrogens with zero attached hydrogens (tertiary/aromatic N) is 3. The van der Waals surface area contributed by atoms with Gasteiger partial charge in [-0.1, -0.05) is 31.8 Å². The third-order valence-electron chi connectivity index (χ3n) is 10.6. The summed E-state index contributed by atoms with van der Waals surface area (Å²) in [5.41, 5.74) is 4.13. The lowest BCUT2D eigenvalue weighted by atomic mass is 9.75. The first-order valence-electron chi connectivity index (χ1n) is 17.3. The number of nitrogens with two attached hydrogens (primary N) is 1. The van der Waals surface area contributed by atoms with Crippen LogP contribution in [0.3, 0.4) is 0 Å². The Balaban J connectivity index is 1.82. The van der Waals surface area contributed by atoms with Gasteiger partial charge in [0, 0.05) is 24.3 Å². The van der Waals surface area contributed by atoms with Crippen molar-refractivity contribution in [1.82, 2.24) is 4.90 Å². The molecule has 4 rings (SSSR count). The lowest BCUT2D eigenvalue weighted by molar-refractivity contribution is -0.294. The molecule has 0 aromatic rings. The summed E-state index contributed by atoms with van der Waals surface area (Å²) >= 11 is 0. The van der Waals surface area contributed by atoms with Gasteiger partial charge < -0.3 is 49.0 Å². The Morgan fingerprint density at radius 3 is 2.51 bits per heavy atom. The topological polar surface area (TPSA) is 173 Å². The van der Waals surface area contributed by atoms with Crippen molar-refractivity contribution in [3.05, 3.63) is 0 Å². The van der Waals surface area contributed by atoms with E-state index in [1.165, 1.54) is 0 Å². The van der Waals surface area contributed by atoms with E-state index in [1.807, 2.05) is 46.7 Å². The molecule has 0 aromatic carbocycles. The lowest BCUT2D eigenvalue weighted by Crippen LogP contribution is -2.58. The predicted octanol–water partition coefficient (Wildman–Crippen LogP) is 2.04. The van der Waals surface area contributed by atoms with E-state index in [0.29, 0.717) is 18.6 Å². The molecule has 4 aliphatic rings. The van der Waals surface area contributed by atoms with Crippen molar-refractivity contribution in [2.75, 3.05) is 33.9 Å². The Hall–Kier alpha value is -2.80. The summed E-state index contributed by atoms with van der Waals surface area (Å²) in [5, 5.41) is 15.6. The smallest absolute Gasteiger partial charge is 0.311 e. The van der Waals surface area contributed by atoms with Crippen LogP contribution in [0, 0.1) is 30.1 Å². The van der Waals surface area contributed by atoms with Crippen LogP contribution in [0.15, 0.2) is 10.1 Å². The number of oxime groups is 1. The molecular formula is C35H56N4O10. The second-order valence-corrected chi connectivity index (χ2v) is 14.6. The van der Waals surface area contributed by atoms with Crippen LogP contribution in [-0.2, 0) is 42.8 Å². The summed E-state index contributed by atoms with van der Waals surface area (Å²) in [6.07, 6.45) is 2.11. The van der Waals surface area contributed by atoms with Gasteiger partial charge in [-0.15, -0.1) is 6.42 Å². The Morgan fingerprint density at radius 2 is 1.86 bits per heavy atom. The van der Waals surface area contributed by atoms with E-state index in [2.05, 4.69) is 16.1 Å². The Labute approximate surface area is 290 Å². The van der Waals surface area contributed by atoms with Gasteiger partial charge in [-0.25, -0.2) is 4.99 Å². The fraction of sp³-hybridized carbons (Fsp3) is 0.829. The summed E-state index contributed by atoms with van der Waals surface area (Å²) in [6.45, 7) is 12.7. The second-order valence-electron chi connectivity index (χ2n) is 14.6. The quantitative estimate of drug-likeness (QED) is 0.180. The van der Waals surface area contributed by atoms with Crippen molar-refractivity contribution >= 4 is 23.5 Å².